The molecular weight excluding hydrogens is 292 g/mol. The molecule has 6 heteroatoms. The van der Waals surface area contributed by atoms with E-state index in [4.69, 9.17) is 0 Å². The number of nitrogens with zero attached hydrogens (tertiary/aromatic N) is 3. The number of hydrogen-bond acceptors (Lipinski definition) is 4. The molecule has 0 aromatic carbocycles. The van der Waals surface area contributed by atoms with Crippen LogP contribution >= 0.6 is 0 Å². The number of rotatable bonds is 4. The molecule has 1 aromatic heterocycles. The average molecular weight is 316 g/mol. The van der Waals surface area contributed by atoms with Crippen molar-refractivity contribution in [3.8, 4) is 0 Å². The molecule has 0 bridgehead atoms. The highest BCUT2D eigenvalue weighted by atomic mass is 16.2. The molecule has 6 nitrogen and oxygen atoms in total. The Hall–Kier alpha value is -1.98. The summed E-state index contributed by atoms with van der Waals surface area (Å²) in [5.74, 6) is 0.302. The minimum atomic E-state index is -0.146. The second kappa shape index (κ2) is 6.64. The van der Waals surface area contributed by atoms with Crippen molar-refractivity contribution in [2.24, 2.45) is 5.92 Å². The Kier molecular flexibility index (Phi) is 4.59. The van der Waals surface area contributed by atoms with E-state index < -0.39 is 0 Å². The van der Waals surface area contributed by atoms with Crippen LogP contribution in [0.1, 0.15) is 53.8 Å². The van der Waals surface area contributed by atoms with Crippen LogP contribution in [-0.4, -0.2) is 45.8 Å². The highest BCUT2D eigenvalue weighted by molar-refractivity contribution is 5.96. The lowest BCUT2D eigenvalue weighted by Crippen LogP contribution is -2.36. The van der Waals surface area contributed by atoms with Crippen molar-refractivity contribution in [3.63, 3.8) is 0 Å². The second-order valence-electron chi connectivity index (χ2n) is 6.68. The summed E-state index contributed by atoms with van der Waals surface area (Å²) in [6.07, 6.45) is 6.72. The molecule has 124 valence electrons. The summed E-state index contributed by atoms with van der Waals surface area (Å²) in [5.41, 5.74) is 1.92. The van der Waals surface area contributed by atoms with E-state index in [2.05, 4.69) is 15.3 Å². The van der Waals surface area contributed by atoms with Crippen LogP contribution < -0.4 is 5.32 Å². The molecule has 1 atom stereocenters. The number of carbonyl (C=O) groups excluding carboxylic acids is 2. The van der Waals surface area contributed by atoms with Gasteiger partial charge in [-0.1, -0.05) is 12.8 Å². The van der Waals surface area contributed by atoms with Crippen LogP contribution in [0.2, 0.25) is 0 Å². The smallest absolute Gasteiger partial charge is 0.254 e. The number of aryl methyl sites for hydroxylation is 2. The fourth-order valence-electron chi connectivity index (χ4n) is 3.76. The van der Waals surface area contributed by atoms with Crippen LogP contribution in [0.3, 0.4) is 0 Å². The lowest BCUT2D eigenvalue weighted by molar-refractivity contribution is -0.129. The summed E-state index contributed by atoms with van der Waals surface area (Å²) >= 11 is 0. The van der Waals surface area contributed by atoms with Gasteiger partial charge in [-0.15, -0.1) is 0 Å². The zero-order valence-electron chi connectivity index (χ0n) is 13.8. The molecule has 1 saturated carbocycles. The number of likely N-dealkylation sites (tertiary alicyclic amines) is 1. The van der Waals surface area contributed by atoms with Crippen molar-refractivity contribution in [3.05, 3.63) is 23.3 Å². The molecule has 1 aliphatic carbocycles. The van der Waals surface area contributed by atoms with Gasteiger partial charge in [0.05, 0.1) is 17.0 Å². The molecule has 2 aliphatic rings. The van der Waals surface area contributed by atoms with Gasteiger partial charge in [0, 0.05) is 31.5 Å². The minimum Gasteiger partial charge on any atom is -0.352 e. The molecule has 1 saturated heterocycles. The van der Waals surface area contributed by atoms with Gasteiger partial charge in [0.1, 0.15) is 6.33 Å². The van der Waals surface area contributed by atoms with Gasteiger partial charge in [0.25, 0.3) is 5.91 Å². The van der Waals surface area contributed by atoms with Crippen molar-refractivity contribution < 1.29 is 9.59 Å². The molecule has 1 aliphatic heterocycles. The molecule has 1 aromatic rings. The van der Waals surface area contributed by atoms with Gasteiger partial charge in [-0.2, -0.15) is 0 Å². The third-order valence-electron chi connectivity index (χ3n) is 5.01. The molecule has 1 N–H and O–H groups in total. The summed E-state index contributed by atoms with van der Waals surface area (Å²) in [4.78, 5) is 34.8. The van der Waals surface area contributed by atoms with E-state index >= 15 is 0 Å². The first-order valence-corrected chi connectivity index (χ1v) is 8.42. The fraction of sp³-hybridized carbons (Fsp3) is 0.647. The van der Waals surface area contributed by atoms with Crippen LogP contribution in [0.15, 0.2) is 6.33 Å². The third-order valence-corrected chi connectivity index (χ3v) is 5.01. The first-order chi connectivity index (χ1) is 11.1. The van der Waals surface area contributed by atoms with Gasteiger partial charge >= 0.3 is 0 Å². The van der Waals surface area contributed by atoms with Crippen molar-refractivity contribution in [1.82, 2.24) is 20.2 Å². The van der Waals surface area contributed by atoms with E-state index in [1.807, 2.05) is 18.7 Å². The van der Waals surface area contributed by atoms with Gasteiger partial charge in [-0.05, 0) is 26.7 Å². The number of carbonyl (C=O) groups is 2. The summed E-state index contributed by atoms with van der Waals surface area (Å²) in [7, 11) is 0. The Balaban J connectivity index is 1.56. The Morgan fingerprint density at radius 2 is 1.91 bits per heavy atom. The summed E-state index contributed by atoms with van der Waals surface area (Å²) < 4.78 is 0. The number of hydrogen-bond donors (Lipinski definition) is 1. The number of aromatic nitrogens is 2. The van der Waals surface area contributed by atoms with Crippen molar-refractivity contribution >= 4 is 11.8 Å². The van der Waals surface area contributed by atoms with E-state index in [1.165, 1.54) is 19.2 Å². The zero-order chi connectivity index (χ0) is 16.4. The predicted molar refractivity (Wildman–Crippen MR) is 85.9 cm³/mol. The van der Waals surface area contributed by atoms with Gasteiger partial charge in [-0.3, -0.25) is 9.59 Å². The Labute approximate surface area is 136 Å². The average Bonchev–Trinajstić information content (AvgIpc) is 3.14. The van der Waals surface area contributed by atoms with Crippen LogP contribution in [0.5, 0.6) is 0 Å². The maximum absolute atomic E-state index is 12.4. The monoisotopic (exact) mass is 316 g/mol. The normalized spacial score (nSPS) is 21.9. The van der Waals surface area contributed by atoms with Crippen LogP contribution in [0.4, 0.5) is 0 Å². The van der Waals surface area contributed by atoms with Gasteiger partial charge in [-0.25, -0.2) is 9.97 Å². The fourth-order valence-corrected chi connectivity index (χ4v) is 3.76. The summed E-state index contributed by atoms with van der Waals surface area (Å²) in [6.45, 7) is 4.92. The first-order valence-electron chi connectivity index (χ1n) is 8.42. The van der Waals surface area contributed by atoms with E-state index in [0.717, 1.165) is 19.4 Å². The SMILES string of the molecule is Cc1ncnc(C)c1C(=O)NCC1CC(=O)N(C2CCCC2)C1. The van der Waals surface area contributed by atoms with Crippen LogP contribution in [0, 0.1) is 19.8 Å². The highest BCUT2D eigenvalue weighted by Crippen LogP contribution is 2.29. The Bertz CT molecular complexity index is 590. The zero-order valence-corrected chi connectivity index (χ0v) is 13.8. The van der Waals surface area contributed by atoms with Crippen LogP contribution in [-0.2, 0) is 4.79 Å². The molecule has 0 radical (unpaired) electrons. The van der Waals surface area contributed by atoms with Gasteiger partial charge in [0.15, 0.2) is 0 Å². The Morgan fingerprint density at radius 3 is 2.57 bits per heavy atom. The van der Waals surface area contributed by atoms with Crippen molar-refractivity contribution in [2.75, 3.05) is 13.1 Å². The topological polar surface area (TPSA) is 75.2 Å². The molecule has 3 rings (SSSR count). The largest absolute Gasteiger partial charge is 0.352 e. The molecule has 0 spiro atoms. The van der Waals surface area contributed by atoms with Gasteiger partial charge in [0.2, 0.25) is 5.91 Å². The number of amides is 2. The second-order valence-corrected chi connectivity index (χ2v) is 6.68. The van der Waals surface area contributed by atoms with Crippen LogP contribution in [0.25, 0.3) is 0 Å². The van der Waals surface area contributed by atoms with E-state index in [-0.39, 0.29) is 17.7 Å². The number of nitrogens with one attached hydrogen (secondary N) is 1. The van der Waals surface area contributed by atoms with Gasteiger partial charge < -0.3 is 10.2 Å². The lowest BCUT2D eigenvalue weighted by atomic mass is 10.1. The summed E-state index contributed by atoms with van der Waals surface area (Å²) in [5, 5.41) is 2.96. The molecule has 2 heterocycles. The maximum atomic E-state index is 12.4. The lowest BCUT2D eigenvalue weighted by Gasteiger charge is -2.24. The first kappa shape index (κ1) is 15.9. The van der Waals surface area contributed by atoms with Crippen molar-refractivity contribution in [2.45, 2.75) is 52.0 Å². The standard InChI is InChI=1S/C17H24N4O2/c1-11-16(12(2)20-10-19-11)17(23)18-8-13-7-15(22)21(9-13)14-5-3-4-6-14/h10,13-14H,3-9H2,1-2H3,(H,18,23). The summed E-state index contributed by atoms with van der Waals surface area (Å²) in [6, 6.07) is 0.426. The van der Waals surface area contributed by atoms with E-state index in [1.54, 1.807) is 0 Å². The molecule has 2 fully saturated rings. The molecule has 23 heavy (non-hydrogen) atoms. The van der Waals surface area contributed by atoms with E-state index in [0.29, 0.717) is 36.0 Å². The molecular formula is C17H24N4O2. The van der Waals surface area contributed by atoms with E-state index in [9.17, 15) is 9.59 Å². The minimum absolute atomic E-state index is 0.146. The quantitative estimate of drug-likeness (QED) is 0.916. The van der Waals surface area contributed by atoms with Crippen molar-refractivity contribution in [1.29, 1.82) is 0 Å². The predicted octanol–water partition coefficient (Wildman–Crippen LogP) is 1.61. The highest BCUT2D eigenvalue weighted by Gasteiger charge is 2.35. The maximum Gasteiger partial charge on any atom is 0.254 e. The Morgan fingerprint density at radius 1 is 1.26 bits per heavy atom. The molecule has 1 unspecified atom stereocenters. The third kappa shape index (κ3) is 3.35. The molecule has 2 amide bonds.